The van der Waals surface area contributed by atoms with E-state index in [-0.39, 0.29) is 11.6 Å². The summed E-state index contributed by atoms with van der Waals surface area (Å²) in [5.74, 6) is 5.82. The van der Waals surface area contributed by atoms with Crippen molar-refractivity contribution in [3.05, 3.63) is 30.1 Å². The summed E-state index contributed by atoms with van der Waals surface area (Å²) >= 11 is 0. The molecule has 106 valence electrons. The van der Waals surface area contributed by atoms with E-state index >= 15 is 0 Å². The molecule has 0 radical (unpaired) electrons. The van der Waals surface area contributed by atoms with Crippen LogP contribution in [-0.4, -0.2) is 23.7 Å². The Morgan fingerprint density at radius 3 is 2.42 bits per heavy atom. The molecule has 4 nitrogen and oxygen atoms in total. The van der Waals surface area contributed by atoms with Crippen molar-refractivity contribution < 1.29 is 4.74 Å². The second-order valence-corrected chi connectivity index (χ2v) is 5.46. The highest BCUT2D eigenvalue weighted by Gasteiger charge is 2.38. The molecule has 1 heterocycles. The first kappa shape index (κ1) is 14.4. The molecule has 1 atom stereocenters. The van der Waals surface area contributed by atoms with E-state index in [1.807, 2.05) is 31.6 Å². The first-order chi connectivity index (χ1) is 9.30. The molecule has 0 saturated heterocycles. The van der Waals surface area contributed by atoms with Crippen molar-refractivity contribution in [2.75, 3.05) is 7.11 Å². The van der Waals surface area contributed by atoms with E-state index in [1.165, 1.54) is 31.2 Å². The summed E-state index contributed by atoms with van der Waals surface area (Å²) in [7, 11) is 1.82. The summed E-state index contributed by atoms with van der Waals surface area (Å²) < 4.78 is 5.93. The fourth-order valence-corrected chi connectivity index (χ4v) is 3.17. The molecule has 0 amide bonds. The summed E-state index contributed by atoms with van der Waals surface area (Å²) in [5, 5.41) is 0. The van der Waals surface area contributed by atoms with Crippen LogP contribution in [0.4, 0.5) is 0 Å². The third kappa shape index (κ3) is 3.53. The molecule has 0 bridgehead atoms. The van der Waals surface area contributed by atoms with Crippen LogP contribution in [0, 0.1) is 0 Å². The van der Waals surface area contributed by atoms with Gasteiger partial charge in [-0.15, -0.1) is 0 Å². The smallest absolute Gasteiger partial charge is 0.0847 e. The maximum atomic E-state index is 5.93. The zero-order valence-corrected chi connectivity index (χ0v) is 11.8. The number of pyridine rings is 1. The van der Waals surface area contributed by atoms with Gasteiger partial charge in [0, 0.05) is 19.5 Å². The summed E-state index contributed by atoms with van der Waals surface area (Å²) in [6.45, 7) is 0. The van der Waals surface area contributed by atoms with Crippen LogP contribution in [-0.2, 0) is 11.2 Å². The van der Waals surface area contributed by atoms with Gasteiger partial charge in [-0.3, -0.25) is 16.3 Å². The van der Waals surface area contributed by atoms with E-state index in [1.54, 1.807) is 0 Å². The highest BCUT2D eigenvalue weighted by Crippen LogP contribution is 2.34. The van der Waals surface area contributed by atoms with Crippen LogP contribution in [0.2, 0.25) is 0 Å². The number of rotatable bonds is 5. The van der Waals surface area contributed by atoms with Crippen LogP contribution >= 0.6 is 0 Å². The van der Waals surface area contributed by atoms with E-state index in [2.05, 4.69) is 10.4 Å². The normalized spacial score (nSPS) is 20.7. The Morgan fingerprint density at radius 1 is 1.26 bits per heavy atom. The SMILES string of the molecule is COC1(C(Cc2ccncc2)NN)CCCCCC1. The zero-order valence-electron chi connectivity index (χ0n) is 11.8. The third-order valence-electron chi connectivity index (χ3n) is 4.38. The molecule has 1 aliphatic rings. The fraction of sp³-hybridized carbons (Fsp3) is 0.667. The predicted octanol–water partition coefficient (Wildman–Crippen LogP) is 2.20. The maximum Gasteiger partial charge on any atom is 0.0847 e. The molecular formula is C15H25N3O. The van der Waals surface area contributed by atoms with Crippen LogP contribution in [0.15, 0.2) is 24.5 Å². The van der Waals surface area contributed by atoms with Crippen molar-refractivity contribution in [2.45, 2.75) is 56.6 Å². The van der Waals surface area contributed by atoms with E-state index in [0.29, 0.717) is 0 Å². The summed E-state index contributed by atoms with van der Waals surface area (Å²) in [6, 6.07) is 4.24. The number of nitrogens with one attached hydrogen (secondary N) is 1. The number of methoxy groups -OCH3 is 1. The van der Waals surface area contributed by atoms with E-state index in [0.717, 1.165) is 19.3 Å². The molecule has 1 aromatic rings. The molecular weight excluding hydrogens is 238 g/mol. The summed E-state index contributed by atoms with van der Waals surface area (Å²) in [4.78, 5) is 4.06. The van der Waals surface area contributed by atoms with Gasteiger partial charge >= 0.3 is 0 Å². The summed E-state index contributed by atoms with van der Waals surface area (Å²) in [5.41, 5.74) is 4.11. The van der Waals surface area contributed by atoms with Crippen molar-refractivity contribution in [1.29, 1.82) is 0 Å². The Labute approximate surface area is 115 Å². The molecule has 19 heavy (non-hydrogen) atoms. The van der Waals surface area contributed by atoms with E-state index in [4.69, 9.17) is 10.6 Å². The van der Waals surface area contributed by atoms with Crippen LogP contribution in [0.1, 0.15) is 44.1 Å². The lowest BCUT2D eigenvalue weighted by atomic mass is 9.83. The van der Waals surface area contributed by atoms with Gasteiger partial charge in [0.15, 0.2) is 0 Å². The monoisotopic (exact) mass is 263 g/mol. The minimum atomic E-state index is -0.130. The lowest BCUT2D eigenvalue weighted by Crippen LogP contribution is -2.55. The molecule has 3 N–H and O–H groups in total. The topological polar surface area (TPSA) is 60.2 Å². The quantitative estimate of drug-likeness (QED) is 0.486. The van der Waals surface area contributed by atoms with Gasteiger partial charge in [0.05, 0.1) is 11.6 Å². The van der Waals surface area contributed by atoms with Crippen molar-refractivity contribution in [2.24, 2.45) is 5.84 Å². The Kier molecular flexibility index (Phi) is 5.31. The third-order valence-corrected chi connectivity index (χ3v) is 4.38. The minimum absolute atomic E-state index is 0.130. The average molecular weight is 263 g/mol. The van der Waals surface area contributed by atoms with Crippen LogP contribution in [0.5, 0.6) is 0 Å². The van der Waals surface area contributed by atoms with Gasteiger partial charge in [-0.1, -0.05) is 25.7 Å². The fourth-order valence-electron chi connectivity index (χ4n) is 3.17. The second-order valence-electron chi connectivity index (χ2n) is 5.46. The van der Waals surface area contributed by atoms with Gasteiger partial charge in [0.2, 0.25) is 0 Å². The number of nitrogens with two attached hydrogens (primary N) is 1. The summed E-state index contributed by atoms with van der Waals surface area (Å²) in [6.07, 6.45) is 11.8. The van der Waals surface area contributed by atoms with Gasteiger partial charge in [-0.2, -0.15) is 0 Å². The lowest BCUT2D eigenvalue weighted by molar-refractivity contribution is -0.0527. The van der Waals surface area contributed by atoms with Crippen LogP contribution in [0.3, 0.4) is 0 Å². The molecule has 0 aromatic carbocycles. The number of ether oxygens (including phenoxy) is 1. The highest BCUT2D eigenvalue weighted by molar-refractivity contribution is 5.13. The van der Waals surface area contributed by atoms with Crippen molar-refractivity contribution in [1.82, 2.24) is 10.4 Å². The Hall–Kier alpha value is -0.970. The Balaban J connectivity index is 2.13. The number of hydrogen-bond donors (Lipinski definition) is 2. The Bertz CT molecular complexity index is 361. The van der Waals surface area contributed by atoms with Crippen molar-refractivity contribution >= 4 is 0 Å². The zero-order chi connectivity index (χ0) is 13.6. The van der Waals surface area contributed by atoms with Gasteiger partial charge in [0.1, 0.15) is 0 Å². The Morgan fingerprint density at radius 2 is 1.89 bits per heavy atom. The number of hydrogen-bond acceptors (Lipinski definition) is 4. The average Bonchev–Trinajstić information content (AvgIpc) is 2.72. The first-order valence-corrected chi connectivity index (χ1v) is 7.21. The second kappa shape index (κ2) is 6.98. The maximum absolute atomic E-state index is 5.93. The molecule has 1 saturated carbocycles. The van der Waals surface area contributed by atoms with Crippen LogP contribution < -0.4 is 11.3 Å². The molecule has 0 aliphatic heterocycles. The largest absolute Gasteiger partial charge is 0.377 e. The molecule has 2 rings (SSSR count). The van der Waals surface area contributed by atoms with Gasteiger partial charge in [-0.25, -0.2) is 0 Å². The first-order valence-electron chi connectivity index (χ1n) is 7.21. The minimum Gasteiger partial charge on any atom is -0.377 e. The number of hydrazine groups is 1. The predicted molar refractivity (Wildman–Crippen MR) is 76.5 cm³/mol. The van der Waals surface area contributed by atoms with Crippen LogP contribution in [0.25, 0.3) is 0 Å². The van der Waals surface area contributed by atoms with E-state index in [9.17, 15) is 0 Å². The van der Waals surface area contributed by atoms with Gasteiger partial charge in [-0.05, 0) is 37.0 Å². The van der Waals surface area contributed by atoms with Crippen molar-refractivity contribution in [3.8, 4) is 0 Å². The standard InChI is InChI=1S/C15H25N3O/c1-19-15(8-4-2-3-5-9-15)14(18-16)12-13-6-10-17-11-7-13/h6-7,10-11,14,18H,2-5,8-9,12,16H2,1H3. The number of aromatic nitrogens is 1. The molecule has 0 spiro atoms. The molecule has 1 aliphatic carbocycles. The van der Waals surface area contributed by atoms with Gasteiger partial charge in [0.25, 0.3) is 0 Å². The van der Waals surface area contributed by atoms with Gasteiger partial charge < -0.3 is 4.74 Å². The molecule has 1 unspecified atom stereocenters. The molecule has 4 heteroatoms. The van der Waals surface area contributed by atoms with E-state index < -0.39 is 0 Å². The number of nitrogens with zero attached hydrogens (tertiary/aromatic N) is 1. The van der Waals surface area contributed by atoms with Crippen molar-refractivity contribution in [3.63, 3.8) is 0 Å². The highest BCUT2D eigenvalue weighted by atomic mass is 16.5. The molecule has 1 fully saturated rings. The molecule has 1 aromatic heterocycles. The lowest BCUT2D eigenvalue weighted by Gasteiger charge is -2.39.